The van der Waals surface area contributed by atoms with Gasteiger partial charge >= 0.3 is 0 Å². The van der Waals surface area contributed by atoms with Gasteiger partial charge in [-0.25, -0.2) is 0 Å². The fourth-order valence-electron chi connectivity index (χ4n) is 1.72. The van der Waals surface area contributed by atoms with E-state index in [9.17, 15) is 0 Å². The summed E-state index contributed by atoms with van der Waals surface area (Å²) < 4.78 is 6.23. The van der Waals surface area contributed by atoms with Crippen molar-refractivity contribution in [3.63, 3.8) is 0 Å². The van der Waals surface area contributed by atoms with E-state index < -0.39 is 0 Å². The SMILES string of the molecule is CCC(C)c1ccc(-c2cc(N)no2)cc1Br. The molecule has 0 saturated carbocycles. The molecule has 2 aromatic rings. The highest BCUT2D eigenvalue weighted by molar-refractivity contribution is 9.10. The van der Waals surface area contributed by atoms with E-state index in [0.717, 1.165) is 16.5 Å². The van der Waals surface area contributed by atoms with Gasteiger partial charge in [0.25, 0.3) is 0 Å². The number of halogens is 1. The van der Waals surface area contributed by atoms with Crippen LogP contribution in [0.15, 0.2) is 33.3 Å². The molecule has 17 heavy (non-hydrogen) atoms. The zero-order chi connectivity index (χ0) is 12.4. The Hall–Kier alpha value is -1.29. The molecule has 0 radical (unpaired) electrons. The molecule has 1 aromatic heterocycles. The number of nitrogens with two attached hydrogens (primary N) is 1. The first-order valence-corrected chi connectivity index (χ1v) is 6.43. The largest absolute Gasteiger partial charge is 0.381 e. The van der Waals surface area contributed by atoms with Crippen LogP contribution in [0.1, 0.15) is 31.7 Å². The minimum absolute atomic E-state index is 0.405. The van der Waals surface area contributed by atoms with E-state index in [1.807, 2.05) is 12.1 Å². The molecule has 2 rings (SSSR count). The Labute approximate surface area is 109 Å². The summed E-state index contributed by atoms with van der Waals surface area (Å²) in [7, 11) is 0. The van der Waals surface area contributed by atoms with Crippen molar-refractivity contribution >= 4 is 21.7 Å². The number of anilines is 1. The van der Waals surface area contributed by atoms with Crippen molar-refractivity contribution in [3.8, 4) is 11.3 Å². The highest BCUT2D eigenvalue weighted by Gasteiger charge is 2.11. The van der Waals surface area contributed by atoms with Crippen molar-refractivity contribution in [2.75, 3.05) is 5.73 Å². The lowest BCUT2D eigenvalue weighted by atomic mass is 9.97. The van der Waals surface area contributed by atoms with Crippen LogP contribution >= 0.6 is 15.9 Å². The van der Waals surface area contributed by atoms with Crippen LogP contribution in [0.5, 0.6) is 0 Å². The number of aromatic nitrogens is 1. The summed E-state index contributed by atoms with van der Waals surface area (Å²) in [6.45, 7) is 4.40. The monoisotopic (exact) mass is 294 g/mol. The Morgan fingerprint density at radius 2 is 2.18 bits per heavy atom. The molecule has 2 N–H and O–H groups in total. The van der Waals surface area contributed by atoms with Gasteiger partial charge in [0, 0.05) is 16.1 Å². The molecule has 0 aliphatic heterocycles. The van der Waals surface area contributed by atoms with Gasteiger partial charge in [-0.1, -0.05) is 47.1 Å². The number of nitrogens with zero attached hydrogens (tertiary/aromatic N) is 1. The second-order valence-electron chi connectivity index (χ2n) is 4.16. The Bertz CT molecular complexity index is 522. The molecule has 1 heterocycles. The zero-order valence-corrected chi connectivity index (χ0v) is 11.5. The highest BCUT2D eigenvalue weighted by atomic mass is 79.9. The lowest BCUT2D eigenvalue weighted by molar-refractivity contribution is 0.436. The van der Waals surface area contributed by atoms with Crippen molar-refractivity contribution in [3.05, 3.63) is 34.3 Å². The van der Waals surface area contributed by atoms with Crippen LogP contribution in [-0.2, 0) is 0 Å². The fraction of sp³-hybridized carbons (Fsp3) is 0.308. The molecule has 4 heteroatoms. The second-order valence-corrected chi connectivity index (χ2v) is 5.02. The van der Waals surface area contributed by atoms with Gasteiger partial charge in [-0.15, -0.1) is 0 Å². The van der Waals surface area contributed by atoms with Crippen LogP contribution in [0.4, 0.5) is 5.82 Å². The summed E-state index contributed by atoms with van der Waals surface area (Å²) >= 11 is 3.60. The van der Waals surface area contributed by atoms with E-state index in [1.165, 1.54) is 5.56 Å². The molecule has 0 aliphatic carbocycles. The fourth-order valence-corrected chi connectivity index (χ4v) is 2.49. The summed E-state index contributed by atoms with van der Waals surface area (Å²) in [6, 6.07) is 7.92. The maximum absolute atomic E-state index is 5.54. The Morgan fingerprint density at radius 3 is 2.71 bits per heavy atom. The first-order valence-electron chi connectivity index (χ1n) is 5.63. The summed E-state index contributed by atoms with van der Waals surface area (Å²) in [5, 5.41) is 3.68. The number of nitrogen functional groups attached to an aromatic ring is 1. The smallest absolute Gasteiger partial charge is 0.169 e. The van der Waals surface area contributed by atoms with Gasteiger partial charge in [-0.2, -0.15) is 0 Å². The van der Waals surface area contributed by atoms with Crippen molar-refractivity contribution in [2.45, 2.75) is 26.2 Å². The van der Waals surface area contributed by atoms with Gasteiger partial charge in [-0.3, -0.25) is 0 Å². The third-order valence-corrected chi connectivity index (χ3v) is 3.64. The number of rotatable bonds is 3. The minimum atomic E-state index is 0.405. The molecule has 1 unspecified atom stereocenters. The lowest BCUT2D eigenvalue weighted by Gasteiger charge is -2.11. The van der Waals surface area contributed by atoms with Gasteiger partial charge in [-0.05, 0) is 24.0 Å². The third kappa shape index (κ3) is 2.52. The second kappa shape index (κ2) is 4.92. The molecule has 0 fully saturated rings. The highest BCUT2D eigenvalue weighted by Crippen LogP contribution is 2.31. The summed E-state index contributed by atoms with van der Waals surface area (Å²) in [6.07, 6.45) is 1.12. The van der Waals surface area contributed by atoms with E-state index in [2.05, 4.69) is 41.0 Å². The van der Waals surface area contributed by atoms with Crippen molar-refractivity contribution in [2.24, 2.45) is 0 Å². The van der Waals surface area contributed by atoms with Crippen molar-refractivity contribution in [1.29, 1.82) is 0 Å². The molecular formula is C13H15BrN2O. The van der Waals surface area contributed by atoms with E-state index in [-0.39, 0.29) is 0 Å². The molecule has 0 saturated heterocycles. The summed E-state index contributed by atoms with van der Waals surface area (Å²) in [5.74, 6) is 1.64. The molecule has 0 spiro atoms. The first kappa shape index (κ1) is 12.2. The van der Waals surface area contributed by atoms with Crippen LogP contribution in [0.25, 0.3) is 11.3 Å². The molecule has 0 amide bonds. The predicted molar refractivity (Wildman–Crippen MR) is 72.8 cm³/mol. The van der Waals surface area contributed by atoms with Crippen molar-refractivity contribution in [1.82, 2.24) is 5.16 Å². The number of hydrogen-bond donors (Lipinski definition) is 1. The molecule has 0 bridgehead atoms. The van der Waals surface area contributed by atoms with E-state index >= 15 is 0 Å². The van der Waals surface area contributed by atoms with Crippen LogP contribution in [0, 0.1) is 0 Å². The molecule has 90 valence electrons. The van der Waals surface area contributed by atoms with Crippen LogP contribution < -0.4 is 5.73 Å². The molecule has 1 aromatic carbocycles. The Balaban J connectivity index is 2.37. The molecular weight excluding hydrogens is 280 g/mol. The van der Waals surface area contributed by atoms with Crippen LogP contribution in [0.3, 0.4) is 0 Å². The topological polar surface area (TPSA) is 52.0 Å². The first-order chi connectivity index (χ1) is 8.11. The normalized spacial score (nSPS) is 12.6. The quantitative estimate of drug-likeness (QED) is 0.923. The standard InChI is InChI=1S/C13H15BrN2O/c1-3-8(2)10-5-4-9(6-11(10)14)12-7-13(15)16-17-12/h4-8H,3H2,1-2H3,(H2,15,16). The summed E-state index contributed by atoms with van der Waals surface area (Å²) in [4.78, 5) is 0. The summed E-state index contributed by atoms with van der Waals surface area (Å²) in [5.41, 5.74) is 7.83. The van der Waals surface area contributed by atoms with Gasteiger partial charge in [0.2, 0.25) is 0 Å². The minimum Gasteiger partial charge on any atom is -0.381 e. The average Bonchev–Trinajstić information content (AvgIpc) is 2.75. The van der Waals surface area contributed by atoms with Crippen LogP contribution in [-0.4, -0.2) is 5.16 Å². The maximum atomic E-state index is 5.54. The van der Waals surface area contributed by atoms with E-state index in [4.69, 9.17) is 10.3 Å². The zero-order valence-electron chi connectivity index (χ0n) is 9.90. The van der Waals surface area contributed by atoms with E-state index in [0.29, 0.717) is 17.5 Å². The predicted octanol–water partition coefficient (Wildman–Crippen LogP) is 4.20. The van der Waals surface area contributed by atoms with Gasteiger partial charge in [0.15, 0.2) is 11.6 Å². The molecule has 3 nitrogen and oxygen atoms in total. The maximum Gasteiger partial charge on any atom is 0.169 e. The lowest BCUT2D eigenvalue weighted by Crippen LogP contribution is -1.92. The number of hydrogen-bond acceptors (Lipinski definition) is 3. The van der Waals surface area contributed by atoms with Gasteiger partial charge in [0.05, 0.1) is 0 Å². The van der Waals surface area contributed by atoms with Gasteiger partial charge < -0.3 is 10.3 Å². The number of benzene rings is 1. The van der Waals surface area contributed by atoms with E-state index in [1.54, 1.807) is 6.07 Å². The molecule has 1 atom stereocenters. The Kier molecular flexibility index (Phi) is 3.52. The van der Waals surface area contributed by atoms with Gasteiger partial charge in [0.1, 0.15) is 0 Å². The molecule has 0 aliphatic rings. The Morgan fingerprint density at radius 1 is 1.41 bits per heavy atom. The van der Waals surface area contributed by atoms with Crippen molar-refractivity contribution < 1.29 is 4.52 Å². The van der Waals surface area contributed by atoms with Crippen LogP contribution in [0.2, 0.25) is 0 Å². The average molecular weight is 295 g/mol. The third-order valence-electron chi connectivity index (χ3n) is 2.96.